The number of anilines is 2. The summed E-state index contributed by atoms with van der Waals surface area (Å²) in [5, 5.41) is 5.31. The van der Waals surface area contributed by atoms with Crippen LogP contribution in [0.4, 0.5) is 11.4 Å². The van der Waals surface area contributed by atoms with Crippen LogP contribution in [-0.2, 0) is 14.8 Å². The Bertz CT molecular complexity index is 996. The molecule has 0 saturated carbocycles. The van der Waals surface area contributed by atoms with E-state index >= 15 is 0 Å². The molecule has 3 N–H and O–H groups in total. The molecule has 0 fully saturated rings. The van der Waals surface area contributed by atoms with Crippen LogP contribution in [-0.4, -0.2) is 33.0 Å². The highest BCUT2D eigenvalue weighted by Crippen LogP contribution is 2.24. The van der Waals surface area contributed by atoms with Crippen molar-refractivity contribution in [2.75, 3.05) is 22.8 Å². The third-order valence-electron chi connectivity index (χ3n) is 3.38. The van der Waals surface area contributed by atoms with Gasteiger partial charge in [-0.15, -0.1) is 0 Å². The van der Waals surface area contributed by atoms with E-state index in [1.807, 2.05) is 13.0 Å². The number of sulfonamides is 1. The average Bonchev–Trinajstić information content (AvgIpc) is 2.57. The highest BCUT2D eigenvalue weighted by molar-refractivity contribution is 9.10. The number of aryl methyl sites for hydroxylation is 1. The summed E-state index contributed by atoms with van der Waals surface area (Å²) in [7, 11) is -3.54. The summed E-state index contributed by atoms with van der Waals surface area (Å²) < 4.78 is 25.8. The van der Waals surface area contributed by atoms with E-state index in [0.717, 1.165) is 16.3 Å². The molecule has 0 aliphatic rings. The average molecular weight is 475 g/mol. The van der Waals surface area contributed by atoms with E-state index in [1.165, 1.54) is 18.2 Å². The van der Waals surface area contributed by atoms with Gasteiger partial charge in [0, 0.05) is 15.7 Å². The number of rotatable bonds is 6. The van der Waals surface area contributed by atoms with Gasteiger partial charge in [0.15, 0.2) is 0 Å². The number of benzene rings is 2. The Morgan fingerprint density at radius 3 is 2.48 bits per heavy atom. The maximum Gasteiger partial charge on any atom is 0.251 e. The fourth-order valence-corrected chi connectivity index (χ4v) is 3.17. The molecule has 0 atom stereocenters. The number of hydrogen-bond donors (Lipinski definition) is 3. The quantitative estimate of drug-likeness (QED) is 0.598. The highest BCUT2D eigenvalue weighted by atomic mass is 79.9. The fourth-order valence-electron chi connectivity index (χ4n) is 2.13. The van der Waals surface area contributed by atoms with E-state index in [-0.39, 0.29) is 22.8 Å². The summed E-state index contributed by atoms with van der Waals surface area (Å²) in [5.74, 6) is -0.932. The van der Waals surface area contributed by atoms with Crippen molar-refractivity contribution >= 4 is 60.7 Å². The van der Waals surface area contributed by atoms with Crippen LogP contribution in [0, 0.1) is 6.92 Å². The lowest BCUT2D eigenvalue weighted by atomic mass is 10.2. The number of amides is 2. The van der Waals surface area contributed by atoms with Crippen LogP contribution < -0.4 is 15.4 Å². The number of nitrogens with one attached hydrogen (secondary N) is 3. The standard InChI is InChI=1S/C17H17BrClN3O4S/c1-10-7-12(4-5-13(10)18)21-16(23)9-20-17(24)11-3-6-14(19)15(8-11)22-27(2,25)26/h3-8,22H,9H2,1-2H3,(H,20,24)(H,21,23). The molecule has 0 aromatic heterocycles. The zero-order valence-corrected chi connectivity index (χ0v) is 17.6. The molecule has 10 heteroatoms. The maximum atomic E-state index is 12.2. The lowest BCUT2D eigenvalue weighted by molar-refractivity contribution is -0.115. The van der Waals surface area contributed by atoms with Crippen molar-refractivity contribution in [1.29, 1.82) is 0 Å². The summed E-state index contributed by atoms with van der Waals surface area (Å²) in [6, 6.07) is 9.48. The van der Waals surface area contributed by atoms with Gasteiger partial charge in [-0.3, -0.25) is 14.3 Å². The Balaban J connectivity index is 1.99. The van der Waals surface area contributed by atoms with Gasteiger partial charge in [0.05, 0.1) is 23.5 Å². The van der Waals surface area contributed by atoms with Gasteiger partial charge in [0.25, 0.3) is 5.91 Å². The van der Waals surface area contributed by atoms with Crippen molar-refractivity contribution in [3.05, 3.63) is 57.0 Å². The Kier molecular flexibility index (Phi) is 6.85. The van der Waals surface area contributed by atoms with Crippen LogP contribution in [0.3, 0.4) is 0 Å². The second kappa shape index (κ2) is 8.73. The number of carbonyl (C=O) groups is 2. The van der Waals surface area contributed by atoms with E-state index in [4.69, 9.17) is 11.6 Å². The lowest BCUT2D eigenvalue weighted by Gasteiger charge is -2.10. The summed E-state index contributed by atoms with van der Waals surface area (Å²) in [6.45, 7) is 1.65. The van der Waals surface area contributed by atoms with Crippen molar-refractivity contribution in [1.82, 2.24) is 5.32 Å². The van der Waals surface area contributed by atoms with Crippen LogP contribution in [0.25, 0.3) is 0 Å². The molecule has 2 aromatic rings. The first-order valence-corrected chi connectivity index (χ1v) is 10.7. The Labute approximate surface area is 170 Å². The monoisotopic (exact) mass is 473 g/mol. The van der Waals surface area contributed by atoms with Crippen LogP contribution >= 0.6 is 27.5 Å². The minimum Gasteiger partial charge on any atom is -0.343 e. The molecule has 0 spiro atoms. The van der Waals surface area contributed by atoms with E-state index in [1.54, 1.807) is 12.1 Å². The van der Waals surface area contributed by atoms with Gasteiger partial charge < -0.3 is 10.6 Å². The van der Waals surface area contributed by atoms with Gasteiger partial charge in [-0.25, -0.2) is 8.42 Å². The van der Waals surface area contributed by atoms with Gasteiger partial charge in [0.2, 0.25) is 15.9 Å². The summed E-state index contributed by atoms with van der Waals surface area (Å²) in [4.78, 5) is 24.2. The Morgan fingerprint density at radius 2 is 1.85 bits per heavy atom. The molecular formula is C17H17BrClN3O4S. The second-order valence-corrected chi connectivity index (χ2v) is 8.77. The molecular weight excluding hydrogens is 458 g/mol. The number of halogens is 2. The number of hydrogen-bond acceptors (Lipinski definition) is 4. The molecule has 0 unspecified atom stereocenters. The molecule has 7 nitrogen and oxygen atoms in total. The number of carbonyl (C=O) groups excluding carboxylic acids is 2. The molecule has 0 aliphatic carbocycles. The summed E-state index contributed by atoms with van der Waals surface area (Å²) in [6.07, 6.45) is 0.976. The van der Waals surface area contributed by atoms with E-state index in [9.17, 15) is 18.0 Å². The fraction of sp³-hybridized carbons (Fsp3) is 0.176. The molecule has 27 heavy (non-hydrogen) atoms. The Hall–Kier alpha value is -2.10. The summed E-state index contributed by atoms with van der Waals surface area (Å²) in [5.41, 5.74) is 1.82. The third kappa shape index (κ3) is 6.53. The minimum absolute atomic E-state index is 0.0848. The van der Waals surface area contributed by atoms with Gasteiger partial charge in [0.1, 0.15) is 0 Å². The topological polar surface area (TPSA) is 104 Å². The van der Waals surface area contributed by atoms with Gasteiger partial charge in [-0.2, -0.15) is 0 Å². The maximum absolute atomic E-state index is 12.2. The second-order valence-electron chi connectivity index (χ2n) is 5.76. The van der Waals surface area contributed by atoms with Crippen molar-refractivity contribution in [3.8, 4) is 0 Å². The zero-order valence-electron chi connectivity index (χ0n) is 14.5. The van der Waals surface area contributed by atoms with Crippen LogP contribution in [0.15, 0.2) is 40.9 Å². The van der Waals surface area contributed by atoms with Crippen LogP contribution in [0.1, 0.15) is 15.9 Å². The van der Waals surface area contributed by atoms with Gasteiger partial charge in [-0.05, 0) is 48.9 Å². The molecule has 144 valence electrons. The van der Waals surface area contributed by atoms with Crippen molar-refractivity contribution in [2.45, 2.75) is 6.92 Å². The predicted octanol–water partition coefficient (Wildman–Crippen LogP) is 3.15. The summed E-state index contributed by atoms with van der Waals surface area (Å²) >= 11 is 9.30. The smallest absolute Gasteiger partial charge is 0.251 e. The molecule has 0 heterocycles. The van der Waals surface area contributed by atoms with Crippen molar-refractivity contribution < 1.29 is 18.0 Å². The molecule has 0 bridgehead atoms. The molecule has 2 aromatic carbocycles. The van der Waals surface area contributed by atoms with E-state index < -0.39 is 21.8 Å². The SMILES string of the molecule is Cc1cc(NC(=O)CNC(=O)c2ccc(Cl)c(NS(C)(=O)=O)c2)ccc1Br. The zero-order chi connectivity index (χ0) is 20.2. The van der Waals surface area contributed by atoms with Crippen LogP contribution in [0.5, 0.6) is 0 Å². The van der Waals surface area contributed by atoms with Crippen LogP contribution in [0.2, 0.25) is 5.02 Å². The first kappa shape index (κ1) is 21.2. The Morgan fingerprint density at radius 1 is 1.15 bits per heavy atom. The predicted molar refractivity (Wildman–Crippen MR) is 110 cm³/mol. The normalized spacial score (nSPS) is 11.0. The van der Waals surface area contributed by atoms with Gasteiger partial charge >= 0.3 is 0 Å². The van der Waals surface area contributed by atoms with E-state index in [0.29, 0.717) is 5.69 Å². The molecule has 0 aliphatic heterocycles. The van der Waals surface area contributed by atoms with Crippen molar-refractivity contribution in [3.63, 3.8) is 0 Å². The first-order valence-electron chi connectivity index (χ1n) is 7.67. The minimum atomic E-state index is -3.54. The molecule has 2 amide bonds. The molecule has 2 rings (SSSR count). The molecule has 0 radical (unpaired) electrons. The molecule has 0 saturated heterocycles. The third-order valence-corrected chi connectivity index (χ3v) is 5.19. The van der Waals surface area contributed by atoms with Gasteiger partial charge in [-0.1, -0.05) is 27.5 Å². The van der Waals surface area contributed by atoms with Crippen molar-refractivity contribution in [2.24, 2.45) is 0 Å². The first-order chi connectivity index (χ1) is 12.5. The lowest BCUT2D eigenvalue weighted by Crippen LogP contribution is -2.32. The largest absolute Gasteiger partial charge is 0.343 e. The highest BCUT2D eigenvalue weighted by Gasteiger charge is 2.13. The van der Waals surface area contributed by atoms with E-state index in [2.05, 4.69) is 31.3 Å².